The van der Waals surface area contributed by atoms with E-state index in [4.69, 9.17) is 0 Å². The first-order chi connectivity index (χ1) is 9.63. The average Bonchev–Trinajstić information content (AvgIpc) is 2.44. The maximum Gasteiger partial charge on any atom is 0.128 e. The third-order valence-corrected chi connectivity index (χ3v) is 3.81. The van der Waals surface area contributed by atoms with Gasteiger partial charge in [-0.15, -0.1) is 0 Å². The summed E-state index contributed by atoms with van der Waals surface area (Å²) in [6.07, 6.45) is 0.915. The lowest BCUT2D eigenvalue weighted by atomic mass is 9.98. The van der Waals surface area contributed by atoms with Crippen LogP contribution in [0.15, 0.2) is 46.9 Å². The lowest BCUT2D eigenvalue weighted by Crippen LogP contribution is -2.24. The van der Waals surface area contributed by atoms with Gasteiger partial charge in [0.05, 0.1) is 6.04 Å². The summed E-state index contributed by atoms with van der Waals surface area (Å²) in [5.41, 5.74) is 1.22. The fraction of sp³-hybridized carbons (Fsp3) is 0.250. The molecule has 0 bridgehead atoms. The van der Waals surface area contributed by atoms with Crippen molar-refractivity contribution in [1.29, 1.82) is 0 Å². The minimum absolute atomic E-state index is 0.294. The van der Waals surface area contributed by atoms with Crippen LogP contribution in [0.5, 0.6) is 0 Å². The van der Waals surface area contributed by atoms with Gasteiger partial charge in [-0.25, -0.2) is 8.78 Å². The highest BCUT2D eigenvalue weighted by molar-refractivity contribution is 9.10. The van der Waals surface area contributed by atoms with Crippen molar-refractivity contribution in [2.24, 2.45) is 0 Å². The van der Waals surface area contributed by atoms with Crippen molar-refractivity contribution in [3.63, 3.8) is 0 Å². The molecule has 0 heterocycles. The first-order valence-corrected chi connectivity index (χ1v) is 7.35. The monoisotopic (exact) mass is 339 g/mol. The Morgan fingerprint density at radius 2 is 1.85 bits per heavy atom. The van der Waals surface area contributed by atoms with E-state index in [1.54, 1.807) is 24.3 Å². The molecule has 0 aliphatic carbocycles. The van der Waals surface area contributed by atoms with Gasteiger partial charge in [-0.1, -0.05) is 41.1 Å². The summed E-state index contributed by atoms with van der Waals surface area (Å²) in [5, 5.41) is 3.27. The van der Waals surface area contributed by atoms with E-state index in [9.17, 15) is 8.78 Å². The van der Waals surface area contributed by atoms with Crippen molar-refractivity contribution in [3.8, 4) is 0 Å². The third-order valence-electron chi connectivity index (χ3n) is 3.08. The lowest BCUT2D eigenvalue weighted by Gasteiger charge is -2.21. The molecule has 1 unspecified atom stereocenters. The van der Waals surface area contributed by atoms with Crippen molar-refractivity contribution >= 4 is 15.9 Å². The highest BCUT2D eigenvalue weighted by Gasteiger charge is 2.19. The van der Waals surface area contributed by atoms with Gasteiger partial charge >= 0.3 is 0 Å². The molecule has 0 aliphatic heterocycles. The van der Waals surface area contributed by atoms with Crippen molar-refractivity contribution < 1.29 is 8.78 Å². The molecule has 0 aliphatic rings. The first kappa shape index (κ1) is 15.1. The van der Waals surface area contributed by atoms with E-state index in [1.165, 1.54) is 18.2 Å². The molecule has 0 amide bonds. The fourth-order valence-corrected chi connectivity index (χ4v) is 2.60. The van der Waals surface area contributed by atoms with Crippen molar-refractivity contribution in [2.75, 3.05) is 6.54 Å². The molecule has 1 atom stereocenters. The van der Waals surface area contributed by atoms with E-state index in [2.05, 4.69) is 21.2 Å². The van der Waals surface area contributed by atoms with Crippen molar-refractivity contribution in [2.45, 2.75) is 19.4 Å². The van der Waals surface area contributed by atoms with Gasteiger partial charge in [0.2, 0.25) is 0 Å². The van der Waals surface area contributed by atoms with Crippen molar-refractivity contribution in [3.05, 3.63) is 69.7 Å². The maximum absolute atomic E-state index is 14.0. The summed E-state index contributed by atoms with van der Waals surface area (Å²) < 4.78 is 28.3. The van der Waals surface area contributed by atoms with E-state index in [1.807, 2.05) is 6.92 Å². The van der Waals surface area contributed by atoms with Gasteiger partial charge in [0.15, 0.2) is 0 Å². The molecule has 2 aromatic rings. The lowest BCUT2D eigenvalue weighted by molar-refractivity contribution is 0.541. The smallest absolute Gasteiger partial charge is 0.128 e. The van der Waals surface area contributed by atoms with Crippen molar-refractivity contribution in [1.82, 2.24) is 5.32 Å². The van der Waals surface area contributed by atoms with Crippen LogP contribution in [0.2, 0.25) is 0 Å². The summed E-state index contributed by atoms with van der Waals surface area (Å²) in [4.78, 5) is 0. The van der Waals surface area contributed by atoms with E-state index in [-0.39, 0.29) is 17.7 Å². The SMILES string of the molecule is CCCNC(c1ccccc1F)c1cc(F)ccc1Br. The highest BCUT2D eigenvalue weighted by Crippen LogP contribution is 2.30. The van der Waals surface area contributed by atoms with Gasteiger partial charge in [0.1, 0.15) is 11.6 Å². The van der Waals surface area contributed by atoms with Crippen LogP contribution >= 0.6 is 15.9 Å². The molecule has 20 heavy (non-hydrogen) atoms. The molecule has 0 saturated heterocycles. The second-order valence-electron chi connectivity index (χ2n) is 4.57. The Morgan fingerprint density at radius 1 is 1.10 bits per heavy atom. The second-order valence-corrected chi connectivity index (χ2v) is 5.43. The zero-order valence-electron chi connectivity index (χ0n) is 11.2. The molecule has 2 rings (SSSR count). The number of rotatable bonds is 5. The average molecular weight is 340 g/mol. The largest absolute Gasteiger partial charge is 0.306 e. The van der Waals surface area contributed by atoms with Gasteiger partial charge in [0, 0.05) is 10.0 Å². The quantitative estimate of drug-likeness (QED) is 0.823. The molecule has 0 aromatic heterocycles. The summed E-state index contributed by atoms with van der Waals surface area (Å²) in [7, 11) is 0. The minimum atomic E-state index is -0.374. The maximum atomic E-state index is 14.0. The zero-order valence-corrected chi connectivity index (χ0v) is 12.8. The first-order valence-electron chi connectivity index (χ1n) is 6.56. The Balaban J connectivity index is 2.47. The Bertz CT molecular complexity index is 586. The van der Waals surface area contributed by atoms with Crippen LogP contribution in [-0.2, 0) is 0 Å². The normalized spacial score (nSPS) is 12.4. The van der Waals surface area contributed by atoms with Crippen LogP contribution in [0, 0.1) is 11.6 Å². The van der Waals surface area contributed by atoms with Gasteiger partial charge in [-0.05, 0) is 42.8 Å². The summed E-state index contributed by atoms with van der Waals surface area (Å²) in [6, 6.07) is 10.7. The number of hydrogen-bond donors (Lipinski definition) is 1. The molecule has 0 radical (unpaired) electrons. The molecule has 0 spiro atoms. The third kappa shape index (κ3) is 3.44. The molecule has 4 heteroatoms. The van der Waals surface area contributed by atoms with Gasteiger partial charge in [-0.3, -0.25) is 0 Å². The molecule has 1 N–H and O–H groups in total. The summed E-state index contributed by atoms with van der Waals surface area (Å²) in [5.74, 6) is -0.625. The zero-order chi connectivity index (χ0) is 14.5. The summed E-state index contributed by atoms with van der Waals surface area (Å²) >= 11 is 3.42. The Hall–Kier alpha value is -1.26. The second kappa shape index (κ2) is 6.95. The Kier molecular flexibility index (Phi) is 5.26. The van der Waals surface area contributed by atoms with Crippen LogP contribution in [-0.4, -0.2) is 6.54 Å². The minimum Gasteiger partial charge on any atom is -0.306 e. The number of halogens is 3. The van der Waals surface area contributed by atoms with E-state index >= 15 is 0 Å². The van der Waals surface area contributed by atoms with E-state index in [0.29, 0.717) is 11.1 Å². The molecule has 2 aromatic carbocycles. The van der Waals surface area contributed by atoms with Crippen LogP contribution in [0.4, 0.5) is 8.78 Å². The van der Waals surface area contributed by atoms with Crippen LogP contribution < -0.4 is 5.32 Å². The topological polar surface area (TPSA) is 12.0 Å². The number of hydrogen-bond acceptors (Lipinski definition) is 1. The fourth-order valence-electron chi connectivity index (χ4n) is 2.12. The molecular weight excluding hydrogens is 324 g/mol. The predicted octanol–water partition coefficient (Wildman–Crippen LogP) is 4.82. The van der Waals surface area contributed by atoms with Crippen LogP contribution in [0.25, 0.3) is 0 Å². The number of nitrogens with one attached hydrogen (secondary N) is 1. The van der Waals surface area contributed by atoms with Crippen LogP contribution in [0.1, 0.15) is 30.5 Å². The van der Waals surface area contributed by atoms with Gasteiger partial charge < -0.3 is 5.32 Å². The molecule has 106 valence electrons. The van der Waals surface area contributed by atoms with Gasteiger partial charge in [-0.2, -0.15) is 0 Å². The molecular formula is C16H16BrF2N. The standard InChI is InChI=1S/C16H16BrF2N/c1-2-9-20-16(12-5-3-4-6-15(12)19)13-10-11(18)7-8-14(13)17/h3-8,10,16,20H,2,9H2,1H3. The van der Waals surface area contributed by atoms with Gasteiger partial charge in [0.25, 0.3) is 0 Å². The molecule has 0 fully saturated rings. The van der Waals surface area contributed by atoms with Crippen LogP contribution in [0.3, 0.4) is 0 Å². The number of benzene rings is 2. The predicted molar refractivity (Wildman–Crippen MR) is 80.6 cm³/mol. The van der Waals surface area contributed by atoms with E-state index in [0.717, 1.165) is 17.4 Å². The van der Waals surface area contributed by atoms with E-state index < -0.39 is 0 Å². The highest BCUT2D eigenvalue weighted by atomic mass is 79.9. The molecule has 1 nitrogen and oxygen atoms in total. The Labute approximate surface area is 126 Å². The summed E-state index contributed by atoms with van der Waals surface area (Å²) in [6.45, 7) is 2.76. The Morgan fingerprint density at radius 3 is 2.55 bits per heavy atom. The molecule has 0 saturated carbocycles.